The minimum atomic E-state index is -4.05. The summed E-state index contributed by atoms with van der Waals surface area (Å²) in [5.41, 5.74) is 1.87. The van der Waals surface area contributed by atoms with E-state index in [9.17, 15) is 47.2 Å². The number of halogens is 3. The Bertz CT molecular complexity index is 3800. The maximum atomic E-state index is 13.1. The van der Waals surface area contributed by atoms with E-state index < -0.39 is 87.5 Å². The Hall–Kier alpha value is -5.85. The first-order valence-electron chi connectivity index (χ1n) is 21.0. The molecule has 0 spiro atoms. The molecule has 8 rings (SSSR count). The van der Waals surface area contributed by atoms with E-state index in [1.807, 2.05) is 0 Å². The van der Waals surface area contributed by atoms with Crippen molar-refractivity contribution < 1.29 is 70.9 Å². The second-order valence-electron chi connectivity index (χ2n) is 16.9. The normalized spacial score (nSPS) is 13.1. The highest BCUT2D eigenvalue weighted by molar-refractivity contribution is 9.10. The second kappa shape index (κ2) is 23.2. The SMILES string of the molecule is CC(C)(C)OC(=O)N(Cc1nnc(C(c2nc3ccc(Br)cc3s2)S(C)(=O)=O)o1)S(C)(=O)=O.CS(=O)(=O)NCc1nnc(C(c2nc3ccc(-c4ccc(F)nc4)cc3s2)S(C)(=O)=O)o1.OB(O)c1ccc(F)nc1. The average Bonchev–Trinajstić information content (AvgIpc) is 4.11. The fourth-order valence-corrected chi connectivity index (χ4v) is 12.7. The van der Waals surface area contributed by atoms with Gasteiger partial charge in [0.2, 0.25) is 55.5 Å². The Labute approximate surface area is 443 Å². The van der Waals surface area contributed by atoms with E-state index in [2.05, 4.69) is 61.0 Å². The lowest BCUT2D eigenvalue weighted by Gasteiger charge is -2.24. The lowest BCUT2D eigenvalue weighted by Crippen LogP contribution is -2.39. The van der Waals surface area contributed by atoms with Crippen molar-refractivity contribution in [2.75, 3.05) is 25.0 Å². The molecule has 0 bridgehead atoms. The Morgan fingerprint density at radius 2 is 1.24 bits per heavy atom. The Kier molecular flexibility index (Phi) is 18.1. The smallest absolute Gasteiger partial charge is 0.443 e. The number of carbonyl (C=O) groups is 1. The number of benzene rings is 2. The van der Waals surface area contributed by atoms with Gasteiger partial charge in [-0.3, -0.25) is 0 Å². The highest BCUT2D eigenvalue weighted by Gasteiger charge is 2.37. The molecule has 0 saturated carbocycles. The van der Waals surface area contributed by atoms with E-state index in [1.165, 1.54) is 18.3 Å². The summed E-state index contributed by atoms with van der Waals surface area (Å²) in [4.78, 5) is 28.1. The van der Waals surface area contributed by atoms with Crippen molar-refractivity contribution >= 4 is 117 Å². The van der Waals surface area contributed by atoms with Gasteiger partial charge >= 0.3 is 13.2 Å². The van der Waals surface area contributed by atoms with E-state index in [0.717, 1.165) is 74.7 Å². The summed E-state index contributed by atoms with van der Waals surface area (Å²) >= 11 is 5.66. The third-order valence-corrected chi connectivity index (χ3v) is 16.6. The number of aromatic nitrogens is 8. The standard InChI is InChI=1S/C18H21BrN4O7S3.C18H16FN5O5S3.C5H5BFNO2/c1-18(2,3)30-17(24)23(33(5,27)28)9-13-21-22-15(29-13)14(32(4,25)26)16-20-11-7-6-10(19)8-12(11)31-16;1-31(25,26)16(17-24-23-15(29-17)9-21-32(2,27)28)18-22-12-5-3-10(7-13(12)30-18)11-4-6-14(19)20-8-11;7-5-2-1-4(3-8-5)6(9)10/h6-8,14H,9H2,1-5H3;3-8,16,21H,9H2,1-2H3;1-3,9-10H. The molecule has 8 aromatic rings. The molecule has 3 N–H and O–H groups in total. The van der Waals surface area contributed by atoms with Crippen molar-refractivity contribution in [1.29, 1.82) is 0 Å². The molecular formula is C41H42BBrF2N10O14S6. The van der Waals surface area contributed by atoms with Crippen LogP contribution in [0.2, 0.25) is 0 Å². The summed E-state index contributed by atoms with van der Waals surface area (Å²) in [6, 6.07) is 15.8. The predicted molar refractivity (Wildman–Crippen MR) is 274 cm³/mol. The van der Waals surface area contributed by atoms with Crippen molar-refractivity contribution in [2.24, 2.45) is 0 Å². The molecule has 1 amide bonds. The lowest BCUT2D eigenvalue weighted by atomic mass is 9.82. The summed E-state index contributed by atoms with van der Waals surface area (Å²) in [5, 5.41) is 29.9. The number of sulfonamides is 2. The van der Waals surface area contributed by atoms with Crippen LogP contribution in [0.4, 0.5) is 13.6 Å². The molecule has 0 aliphatic heterocycles. The quantitative estimate of drug-likeness (QED) is 0.101. The third-order valence-electron chi connectivity index (χ3n) is 9.36. The maximum absolute atomic E-state index is 13.1. The number of carbonyl (C=O) groups excluding carboxylic acids is 1. The van der Waals surface area contributed by atoms with E-state index in [1.54, 1.807) is 63.2 Å². The lowest BCUT2D eigenvalue weighted by molar-refractivity contribution is 0.0372. The molecule has 75 heavy (non-hydrogen) atoms. The van der Waals surface area contributed by atoms with Crippen molar-refractivity contribution in [3.63, 3.8) is 0 Å². The third kappa shape index (κ3) is 16.3. The summed E-state index contributed by atoms with van der Waals surface area (Å²) in [6.07, 6.45) is 5.18. The van der Waals surface area contributed by atoms with E-state index in [0.29, 0.717) is 25.6 Å². The first-order chi connectivity index (χ1) is 34.7. The van der Waals surface area contributed by atoms with Gasteiger partial charge in [0.1, 0.15) is 22.2 Å². The van der Waals surface area contributed by atoms with E-state index in [-0.39, 0.29) is 45.6 Å². The monoisotopic (exact) mass is 1220 g/mol. The molecule has 0 aliphatic rings. The molecule has 0 saturated heterocycles. The van der Waals surface area contributed by atoms with Gasteiger partial charge in [0.05, 0.1) is 39.5 Å². The molecule has 2 aromatic carbocycles. The molecule has 2 unspecified atom stereocenters. The molecule has 0 fully saturated rings. The molecule has 6 aromatic heterocycles. The number of hydrogen-bond donors (Lipinski definition) is 3. The van der Waals surface area contributed by atoms with Crippen LogP contribution in [0.25, 0.3) is 31.6 Å². The van der Waals surface area contributed by atoms with Crippen molar-refractivity contribution in [3.05, 3.63) is 123 Å². The minimum absolute atomic E-state index is 0.0775. The topological polar surface area (TPSA) is 348 Å². The van der Waals surface area contributed by atoms with Gasteiger partial charge < -0.3 is 23.6 Å². The van der Waals surface area contributed by atoms with Gasteiger partial charge in [0.15, 0.2) is 30.2 Å². The largest absolute Gasteiger partial charge is 0.490 e. The van der Waals surface area contributed by atoms with Crippen LogP contribution in [-0.4, -0.2) is 132 Å². The molecule has 2 atom stereocenters. The Morgan fingerprint density at radius 1 is 0.733 bits per heavy atom. The molecule has 0 aliphatic carbocycles. The highest BCUT2D eigenvalue weighted by Crippen LogP contribution is 2.38. The molecule has 400 valence electrons. The molecule has 34 heteroatoms. The second-order valence-corrected chi connectivity index (χ2v) is 27.9. The van der Waals surface area contributed by atoms with Gasteiger partial charge in [-0.2, -0.15) is 13.1 Å². The van der Waals surface area contributed by atoms with Crippen LogP contribution in [-0.2, 0) is 57.5 Å². The van der Waals surface area contributed by atoms with E-state index in [4.69, 9.17) is 23.6 Å². The zero-order chi connectivity index (χ0) is 55.4. The van der Waals surface area contributed by atoms with Crippen LogP contribution >= 0.6 is 38.6 Å². The average molecular weight is 1220 g/mol. The molecule has 6 heterocycles. The molecular weight excluding hydrogens is 1180 g/mol. The minimum Gasteiger partial charge on any atom is -0.443 e. The van der Waals surface area contributed by atoms with Crippen molar-refractivity contribution in [1.82, 2.24) is 49.4 Å². The van der Waals surface area contributed by atoms with Crippen LogP contribution in [0.3, 0.4) is 0 Å². The fourth-order valence-electron chi connectivity index (χ4n) is 6.12. The predicted octanol–water partition coefficient (Wildman–Crippen LogP) is 4.24. The summed E-state index contributed by atoms with van der Waals surface area (Å²) in [7, 11) is -16.7. The number of pyridine rings is 2. The number of thiazole rings is 2. The number of hydrogen-bond acceptors (Lipinski definition) is 24. The van der Waals surface area contributed by atoms with Crippen molar-refractivity contribution in [3.8, 4) is 11.1 Å². The van der Waals surface area contributed by atoms with Crippen molar-refractivity contribution in [2.45, 2.75) is 50.0 Å². The number of rotatable bonds is 14. The number of nitrogens with zero attached hydrogens (tertiary/aromatic N) is 9. The number of fused-ring (bicyclic) bond motifs is 2. The van der Waals surface area contributed by atoms with Gasteiger partial charge in [-0.25, -0.2) is 63.1 Å². The highest BCUT2D eigenvalue weighted by atomic mass is 79.9. The number of ether oxygens (including phenoxy) is 1. The van der Waals surface area contributed by atoms with Gasteiger partial charge in [-0.1, -0.05) is 28.1 Å². The molecule has 24 nitrogen and oxygen atoms in total. The van der Waals surface area contributed by atoms with E-state index >= 15 is 0 Å². The Morgan fingerprint density at radius 3 is 1.72 bits per heavy atom. The zero-order valence-electron chi connectivity index (χ0n) is 40.0. The summed E-state index contributed by atoms with van der Waals surface area (Å²) in [6.45, 7) is 3.87. The zero-order valence-corrected chi connectivity index (χ0v) is 46.5. The Balaban J connectivity index is 0.000000206. The summed E-state index contributed by atoms with van der Waals surface area (Å²) in [5.74, 6) is -2.07. The van der Waals surface area contributed by atoms with Gasteiger partial charge in [-0.15, -0.1) is 43.1 Å². The van der Waals surface area contributed by atoms with Gasteiger partial charge in [0.25, 0.3) is 0 Å². The van der Waals surface area contributed by atoms with Crippen LogP contribution in [0.15, 0.2) is 86.4 Å². The van der Waals surface area contributed by atoms with Gasteiger partial charge in [-0.05, 0) is 74.9 Å². The summed E-state index contributed by atoms with van der Waals surface area (Å²) < 4.78 is 143. The van der Waals surface area contributed by atoms with Crippen LogP contribution in [0.1, 0.15) is 64.8 Å². The molecule has 0 radical (unpaired) electrons. The van der Waals surface area contributed by atoms with Crippen LogP contribution in [0.5, 0.6) is 0 Å². The number of amides is 1. The fraction of sp³-hybridized carbons (Fsp3) is 0.293. The van der Waals surface area contributed by atoms with Crippen LogP contribution in [0, 0.1) is 11.9 Å². The van der Waals surface area contributed by atoms with Gasteiger partial charge in [0, 0.05) is 40.4 Å². The number of nitrogens with one attached hydrogen (secondary N) is 1. The van der Waals surface area contributed by atoms with Crippen LogP contribution < -0.4 is 10.2 Å². The first kappa shape index (κ1) is 58.4. The number of sulfone groups is 2. The first-order valence-corrected chi connectivity index (χ1v) is 31.0. The maximum Gasteiger partial charge on any atom is 0.490 e.